The van der Waals surface area contributed by atoms with E-state index < -0.39 is 0 Å². The Bertz CT molecular complexity index is 932. The summed E-state index contributed by atoms with van der Waals surface area (Å²) in [5.41, 5.74) is 1.90. The number of hydrogen-bond acceptors (Lipinski definition) is 4. The lowest BCUT2D eigenvalue weighted by Gasteiger charge is -2.14. The minimum Gasteiger partial charge on any atom is -0.493 e. The van der Waals surface area contributed by atoms with E-state index in [0.717, 1.165) is 15.7 Å². The Labute approximate surface area is 158 Å². The van der Waals surface area contributed by atoms with Crippen molar-refractivity contribution in [3.63, 3.8) is 0 Å². The molecule has 6 heteroatoms. The normalized spacial score (nSPS) is 12.6. The smallest absolute Gasteiger partial charge is 0.212 e. The van der Waals surface area contributed by atoms with Crippen LogP contribution in [0.25, 0.3) is 0 Å². The van der Waals surface area contributed by atoms with Gasteiger partial charge in [-0.05, 0) is 52.8 Å². The molecule has 3 rings (SSSR count). The molecular formula is C18H15BrN2OS2. The summed E-state index contributed by atoms with van der Waals surface area (Å²) in [6, 6.07) is 17.6. The first-order valence-corrected chi connectivity index (χ1v) is 9.37. The standard InChI is InChI=1S/C18H15BrN2OS2/c1-12(13-7-3-2-4-8-13)21-17(22)16(24-18(21)23)11-20-15-10-6-5-9-14(15)19/h2-12,22H,1H3. The molecule has 0 amide bonds. The maximum atomic E-state index is 10.6. The lowest BCUT2D eigenvalue weighted by Crippen LogP contribution is -2.06. The molecule has 0 saturated heterocycles. The van der Waals surface area contributed by atoms with Gasteiger partial charge in [0.2, 0.25) is 5.88 Å². The van der Waals surface area contributed by atoms with Crippen molar-refractivity contribution in [3.05, 3.63) is 73.5 Å². The molecule has 122 valence electrons. The van der Waals surface area contributed by atoms with E-state index in [-0.39, 0.29) is 11.9 Å². The molecule has 2 aromatic carbocycles. The van der Waals surface area contributed by atoms with E-state index in [1.165, 1.54) is 11.3 Å². The van der Waals surface area contributed by atoms with Crippen LogP contribution in [0.1, 0.15) is 23.4 Å². The van der Waals surface area contributed by atoms with Crippen LogP contribution in [0, 0.1) is 3.95 Å². The maximum Gasteiger partial charge on any atom is 0.212 e. The predicted octanol–water partition coefficient (Wildman–Crippen LogP) is 6.11. The first-order chi connectivity index (χ1) is 11.6. The van der Waals surface area contributed by atoms with Crippen molar-refractivity contribution in [2.75, 3.05) is 0 Å². The lowest BCUT2D eigenvalue weighted by atomic mass is 10.1. The number of thiazole rings is 1. The predicted molar refractivity (Wildman–Crippen MR) is 106 cm³/mol. The van der Waals surface area contributed by atoms with Gasteiger partial charge in [-0.2, -0.15) is 0 Å². The molecular weight excluding hydrogens is 404 g/mol. The first-order valence-electron chi connectivity index (χ1n) is 7.35. The zero-order valence-corrected chi connectivity index (χ0v) is 16.1. The number of aliphatic imine (C=N–C) groups is 1. The molecule has 3 nitrogen and oxygen atoms in total. The van der Waals surface area contributed by atoms with Crippen molar-refractivity contribution in [3.8, 4) is 5.88 Å². The average molecular weight is 419 g/mol. The van der Waals surface area contributed by atoms with Gasteiger partial charge in [0, 0.05) is 4.47 Å². The Morgan fingerprint density at radius 2 is 1.83 bits per heavy atom. The summed E-state index contributed by atoms with van der Waals surface area (Å²) in [4.78, 5) is 5.09. The number of para-hydroxylation sites is 1. The molecule has 24 heavy (non-hydrogen) atoms. The summed E-state index contributed by atoms with van der Waals surface area (Å²) in [7, 11) is 0. The van der Waals surface area contributed by atoms with E-state index >= 15 is 0 Å². The van der Waals surface area contributed by atoms with Crippen LogP contribution in [0.2, 0.25) is 0 Å². The quantitative estimate of drug-likeness (QED) is 0.409. The van der Waals surface area contributed by atoms with E-state index in [0.29, 0.717) is 8.83 Å². The summed E-state index contributed by atoms with van der Waals surface area (Å²) in [5.74, 6) is 0.150. The number of benzene rings is 2. The van der Waals surface area contributed by atoms with Crippen LogP contribution in [-0.4, -0.2) is 15.9 Å². The van der Waals surface area contributed by atoms with Gasteiger partial charge in [0.05, 0.1) is 17.9 Å². The second-order valence-corrected chi connectivity index (χ2v) is 7.75. The number of aromatic nitrogens is 1. The SMILES string of the molecule is CC(c1ccccc1)n1c(O)c(C=Nc2ccccc2Br)sc1=S. The fourth-order valence-electron chi connectivity index (χ4n) is 2.38. The van der Waals surface area contributed by atoms with Gasteiger partial charge >= 0.3 is 0 Å². The lowest BCUT2D eigenvalue weighted by molar-refractivity contribution is 0.405. The number of hydrogen-bond donors (Lipinski definition) is 1. The Morgan fingerprint density at radius 1 is 1.17 bits per heavy atom. The van der Waals surface area contributed by atoms with E-state index in [9.17, 15) is 5.11 Å². The van der Waals surface area contributed by atoms with Gasteiger partial charge in [-0.1, -0.05) is 53.8 Å². The van der Waals surface area contributed by atoms with Gasteiger partial charge in [-0.3, -0.25) is 9.56 Å². The molecule has 0 aliphatic carbocycles. The van der Waals surface area contributed by atoms with Crippen molar-refractivity contribution in [2.45, 2.75) is 13.0 Å². The van der Waals surface area contributed by atoms with Crippen molar-refractivity contribution < 1.29 is 5.11 Å². The highest BCUT2D eigenvalue weighted by atomic mass is 79.9. The molecule has 0 aliphatic heterocycles. The molecule has 1 unspecified atom stereocenters. The van der Waals surface area contributed by atoms with Gasteiger partial charge in [0.25, 0.3) is 0 Å². The molecule has 1 aromatic heterocycles. The summed E-state index contributed by atoms with van der Waals surface area (Å²) in [6.45, 7) is 2.02. The van der Waals surface area contributed by atoms with Crippen LogP contribution in [0.3, 0.4) is 0 Å². The Kier molecular flexibility index (Phi) is 5.28. The third-order valence-electron chi connectivity index (χ3n) is 3.69. The molecule has 0 aliphatic rings. The Balaban J connectivity index is 1.96. The molecule has 0 fully saturated rings. The van der Waals surface area contributed by atoms with Gasteiger partial charge in [-0.15, -0.1) is 0 Å². The van der Waals surface area contributed by atoms with Crippen LogP contribution in [0.5, 0.6) is 5.88 Å². The van der Waals surface area contributed by atoms with Crippen molar-refractivity contribution in [1.29, 1.82) is 0 Å². The second kappa shape index (κ2) is 7.42. The zero-order chi connectivity index (χ0) is 17.1. The molecule has 1 atom stereocenters. The average Bonchev–Trinajstić information content (AvgIpc) is 2.88. The summed E-state index contributed by atoms with van der Waals surface area (Å²) >= 11 is 10.3. The summed E-state index contributed by atoms with van der Waals surface area (Å²) in [6.07, 6.45) is 1.66. The van der Waals surface area contributed by atoms with Crippen LogP contribution in [0.15, 0.2) is 64.1 Å². The van der Waals surface area contributed by atoms with E-state index in [2.05, 4.69) is 20.9 Å². The minimum absolute atomic E-state index is 0.0411. The topological polar surface area (TPSA) is 37.5 Å². The molecule has 1 heterocycles. The fourth-order valence-corrected chi connectivity index (χ4v) is 4.11. The molecule has 0 radical (unpaired) electrons. The van der Waals surface area contributed by atoms with Gasteiger partial charge in [0.15, 0.2) is 3.95 Å². The van der Waals surface area contributed by atoms with Crippen LogP contribution < -0.4 is 0 Å². The van der Waals surface area contributed by atoms with Crippen molar-refractivity contribution >= 4 is 51.4 Å². The largest absolute Gasteiger partial charge is 0.493 e. The molecule has 0 saturated carbocycles. The monoisotopic (exact) mass is 418 g/mol. The molecule has 3 aromatic rings. The highest BCUT2D eigenvalue weighted by molar-refractivity contribution is 9.10. The van der Waals surface area contributed by atoms with E-state index in [4.69, 9.17) is 12.2 Å². The number of aromatic hydroxyl groups is 1. The van der Waals surface area contributed by atoms with Gasteiger partial charge in [-0.25, -0.2) is 0 Å². The number of halogens is 1. The minimum atomic E-state index is -0.0411. The van der Waals surface area contributed by atoms with Crippen molar-refractivity contribution in [2.24, 2.45) is 4.99 Å². The Hall–Kier alpha value is -1.76. The number of rotatable bonds is 4. The zero-order valence-electron chi connectivity index (χ0n) is 12.9. The number of nitrogens with zero attached hydrogens (tertiary/aromatic N) is 2. The third kappa shape index (κ3) is 3.50. The second-order valence-electron chi connectivity index (χ2n) is 5.22. The highest BCUT2D eigenvalue weighted by Crippen LogP contribution is 2.32. The van der Waals surface area contributed by atoms with Gasteiger partial charge < -0.3 is 5.11 Å². The van der Waals surface area contributed by atoms with Crippen LogP contribution in [-0.2, 0) is 0 Å². The van der Waals surface area contributed by atoms with E-state index in [1.807, 2.05) is 61.5 Å². The molecule has 0 bridgehead atoms. The van der Waals surface area contributed by atoms with Gasteiger partial charge in [0.1, 0.15) is 4.88 Å². The van der Waals surface area contributed by atoms with Crippen LogP contribution in [0.4, 0.5) is 5.69 Å². The third-order valence-corrected chi connectivity index (χ3v) is 5.68. The van der Waals surface area contributed by atoms with E-state index in [1.54, 1.807) is 10.8 Å². The fraction of sp³-hybridized carbons (Fsp3) is 0.111. The molecule has 0 spiro atoms. The Morgan fingerprint density at radius 3 is 2.54 bits per heavy atom. The van der Waals surface area contributed by atoms with Crippen LogP contribution >= 0.6 is 39.5 Å². The summed E-state index contributed by atoms with van der Waals surface area (Å²) in [5, 5.41) is 10.6. The highest BCUT2D eigenvalue weighted by Gasteiger charge is 2.16. The van der Waals surface area contributed by atoms with Crippen molar-refractivity contribution in [1.82, 2.24) is 4.57 Å². The molecule has 1 N–H and O–H groups in total. The first kappa shape index (κ1) is 17.1. The maximum absolute atomic E-state index is 10.6. The summed E-state index contributed by atoms with van der Waals surface area (Å²) < 4.78 is 3.29.